The van der Waals surface area contributed by atoms with Crippen LogP contribution in [0.1, 0.15) is 58.9 Å². The molecule has 0 saturated carbocycles. The third kappa shape index (κ3) is 9.36. The van der Waals surface area contributed by atoms with Gasteiger partial charge in [-0.05, 0) is 77.2 Å². The van der Waals surface area contributed by atoms with Gasteiger partial charge in [0.1, 0.15) is 12.4 Å². The number of aliphatic hydroxyl groups is 1. The maximum absolute atomic E-state index is 9.12. The standard InChI is InChI=1S/C22H32O2/c1-18(2)8-5-9-19(3)10-6-11-20(4)14-15-24-22-13-7-12-21(16-22)17-23/h7-8,10,12-14,16,23H,5-6,9,11,15,17H2,1-4H3/b19-10+,20-14+. The summed E-state index contributed by atoms with van der Waals surface area (Å²) < 4.78 is 5.71. The molecule has 2 nitrogen and oxygen atoms in total. The minimum atomic E-state index is 0.0470. The fourth-order valence-electron chi connectivity index (χ4n) is 2.35. The zero-order valence-corrected chi connectivity index (χ0v) is 15.6. The monoisotopic (exact) mass is 328 g/mol. The van der Waals surface area contributed by atoms with Crippen LogP contribution < -0.4 is 4.74 Å². The van der Waals surface area contributed by atoms with Crippen LogP contribution in [0.3, 0.4) is 0 Å². The second kappa shape index (κ2) is 11.7. The Bertz CT molecular complexity index is 575. The highest BCUT2D eigenvalue weighted by Gasteiger charge is 1.96. The largest absolute Gasteiger partial charge is 0.490 e. The van der Waals surface area contributed by atoms with E-state index in [9.17, 15) is 0 Å². The molecule has 0 saturated heterocycles. The van der Waals surface area contributed by atoms with E-state index >= 15 is 0 Å². The number of hydrogen-bond donors (Lipinski definition) is 1. The van der Waals surface area contributed by atoms with Crippen molar-refractivity contribution in [3.63, 3.8) is 0 Å². The molecule has 1 aromatic rings. The Hall–Kier alpha value is -1.80. The molecule has 24 heavy (non-hydrogen) atoms. The lowest BCUT2D eigenvalue weighted by Crippen LogP contribution is -1.95. The first-order valence-corrected chi connectivity index (χ1v) is 8.78. The molecular formula is C22H32O2. The molecule has 1 aromatic carbocycles. The molecule has 1 rings (SSSR count). The maximum atomic E-state index is 9.12. The predicted octanol–water partition coefficient (Wildman–Crippen LogP) is 5.98. The van der Waals surface area contributed by atoms with Crippen molar-refractivity contribution in [3.8, 4) is 5.75 Å². The lowest BCUT2D eigenvalue weighted by Gasteiger charge is -2.06. The van der Waals surface area contributed by atoms with E-state index in [0.717, 1.165) is 37.0 Å². The van der Waals surface area contributed by atoms with Crippen molar-refractivity contribution in [2.45, 2.75) is 60.0 Å². The number of aliphatic hydroxyl groups excluding tert-OH is 1. The fourth-order valence-corrected chi connectivity index (χ4v) is 2.35. The topological polar surface area (TPSA) is 29.5 Å². The molecule has 0 spiro atoms. The summed E-state index contributed by atoms with van der Waals surface area (Å²) in [6, 6.07) is 7.59. The first kappa shape index (κ1) is 20.2. The van der Waals surface area contributed by atoms with Crippen LogP contribution in [0.25, 0.3) is 0 Å². The molecule has 0 aliphatic carbocycles. The molecule has 0 unspecified atom stereocenters. The number of ether oxygens (including phenoxy) is 1. The van der Waals surface area contributed by atoms with Crippen LogP contribution in [0.15, 0.2) is 59.2 Å². The van der Waals surface area contributed by atoms with Crippen LogP contribution in [0.2, 0.25) is 0 Å². The second-order valence-corrected chi connectivity index (χ2v) is 6.58. The molecule has 2 heteroatoms. The highest BCUT2D eigenvalue weighted by Crippen LogP contribution is 2.14. The van der Waals surface area contributed by atoms with Crippen molar-refractivity contribution in [1.82, 2.24) is 0 Å². The van der Waals surface area contributed by atoms with Crippen molar-refractivity contribution in [1.29, 1.82) is 0 Å². The third-order valence-electron chi connectivity index (χ3n) is 3.89. The molecule has 0 radical (unpaired) electrons. The van der Waals surface area contributed by atoms with E-state index in [4.69, 9.17) is 9.84 Å². The number of allylic oxidation sites excluding steroid dienone is 5. The highest BCUT2D eigenvalue weighted by molar-refractivity contribution is 5.28. The first-order chi connectivity index (χ1) is 11.5. The highest BCUT2D eigenvalue weighted by atomic mass is 16.5. The Morgan fingerprint density at radius 3 is 2.29 bits per heavy atom. The molecule has 0 aliphatic rings. The quantitative estimate of drug-likeness (QED) is 0.536. The van der Waals surface area contributed by atoms with Crippen LogP contribution in [-0.4, -0.2) is 11.7 Å². The van der Waals surface area contributed by atoms with Crippen molar-refractivity contribution >= 4 is 0 Å². The summed E-state index contributed by atoms with van der Waals surface area (Å²) in [5, 5.41) is 9.12. The van der Waals surface area contributed by atoms with E-state index in [1.54, 1.807) is 0 Å². The van der Waals surface area contributed by atoms with Gasteiger partial charge in [0.2, 0.25) is 0 Å². The summed E-state index contributed by atoms with van der Waals surface area (Å²) in [5.41, 5.74) is 5.09. The molecule has 0 bridgehead atoms. The molecule has 1 N–H and O–H groups in total. The summed E-state index contributed by atoms with van der Waals surface area (Å²) in [4.78, 5) is 0. The Morgan fingerprint density at radius 2 is 1.62 bits per heavy atom. The predicted molar refractivity (Wildman–Crippen MR) is 103 cm³/mol. The van der Waals surface area contributed by atoms with Crippen molar-refractivity contribution in [2.75, 3.05) is 6.61 Å². The van der Waals surface area contributed by atoms with E-state index in [-0.39, 0.29) is 6.61 Å². The van der Waals surface area contributed by atoms with Gasteiger partial charge in [-0.3, -0.25) is 0 Å². The van der Waals surface area contributed by atoms with Gasteiger partial charge < -0.3 is 9.84 Å². The zero-order valence-electron chi connectivity index (χ0n) is 15.6. The summed E-state index contributed by atoms with van der Waals surface area (Å²) in [5.74, 6) is 0.806. The normalized spacial score (nSPS) is 12.2. The fraction of sp³-hybridized carbons (Fsp3) is 0.455. The van der Waals surface area contributed by atoms with Gasteiger partial charge in [0.05, 0.1) is 6.61 Å². The zero-order chi connectivity index (χ0) is 17.8. The Kier molecular flexibility index (Phi) is 9.86. The maximum Gasteiger partial charge on any atom is 0.120 e. The number of rotatable bonds is 10. The number of hydrogen-bond acceptors (Lipinski definition) is 2. The summed E-state index contributed by atoms with van der Waals surface area (Å²) >= 11 is 0. The smallest absolute Gasteiger partial charge is 0.120 e. The third-order valence-corrected chi connectivity index (χ3v) is 3.89. The van der Waals surface area contributed by atoms with Gasteiger partial charge in [0.15, 0.2) is 0 Å². The molecule has 0 amide bonds. The molecule has 0 aromatic heterocycles. The van der Waals surface area contributed by atoms with Crippen molar-refractivity contribution in [2.24, 2.45) is 0 Å². The Morgan fingerprint density at radius 1 is 0.958 bits per heavy atom. The second-order valence-electron chi connectivity index (χ2n) is 6.58. The van der Waals surface area contributed by atoms with Gasteiger partial charge in [0, 0.05) is 0 Å². The van der Waals surface area contributed by atoms with Crippen molar-refractivity contribution < 1.29 is 9.84 Å². The molecule has 0 heterocycles. The minimum absolute atomic E-state index is 0.0470. The van der Waals surface area contributed by atoms with Crippen LogP contribution >= 0.6 is 0 Å². The van der Waals surface area contributed by atoms with Gasteiger partial charge in [-0.2, -0.15) is 0 Å². The molecule has 0 atom stereocenters. The average Bonchev–Trinajstić information content (AvgIpc) is 2.54. The van der Waals surface area contributed by atoms with E-state index in [1.165, 1.54) is 16.7 Å². The van der Waals surface area contributed by atoms with Crippen LogP contribution in [0, 0.1) is 0 Å². The Labute approximate surface area is 147 Å². The SMILES string of the molecule is CC(C)=CCC/C(C)=C/CC/C(C)=C/COc1cccc(CO)c1. The van der Waals surface area contributed by atoms with E-state index in [2.05, 4.69) is 45.9 Å². The molecule has 0 fully saturated rings. The summed E-state index contributed by atoms with van der Waals surface area (Å²) in [6.07, 6.45) is 11.2. The minimum Gasteiger partial charge on any atom is -0.490 e. The first-order valence-electron chi connectivity index (χ1n) is 8.78. The molecule has 0 aliphatic heterocycles. The average molecular weight is 328 g/mol. The lowest BCUT2D eigenvalue weighted by molar-refractivity contribution is 0.280. The van der Waals surface area contributed by atoms with Crippen LogP contribution in [0.5, 0.6) is 5.75 Å². The molecular weight excluding hydrogens is 296 g/mol. The van der Waals surface area contributed by atoms with E-state index in [0.29, 0.717) is 6.61 Å². The van der Waals surface area contributed by atoms with E-state index < -0.39 is 0 Å². The Balaban J connectivity index is 2.30. The summed E-state index contributed by atoms with van der Waals surface area (Å²) in [7, 11) is 0. The van der Waals surface area contributed by atoms with E-state index in [1.807, 2.05) is 24.3 Å². The van der Waals surface area contributed by atoms with Gasteiger partial charge in [-0.1, -0.05) is 41.0 Å². The van der Waals surface area contributed by atoms with Gasteiger partial charge in [-0.25, -0.2) is 0 Å². The van der Waals surface area contributed by atoms with Gasteiger partial charge in [-0.15, -0.1) is 0 Å². The summed E-state index contributed by atoms with van der Waals surface area (Å²) in [6.45, 7) is 9.29. The van der Waals surface area contributed by atoms with Crippen LogP contribution in [-0.2, 0) is 6.61 Å². The van der Waals surface area contributed by atoms with Crippen LogP contribution in [0.4, 0.5) is 0 Å². The number of benzene rings is 1. The lowest BCUT2D eigenvalue weighted by atomic mass is 10.1. The molecule has 132 valence electrons. The van der Waals surface area contributed by atoms with Gasteiger partial charge >= 0.3 is 0 Å². The van der Waals surface area contributed by atoms with Gasteiger partial charge in [0.25, 0.3) is 0 Å². The van der Waals surface area contributed by atoms with Crippen molar-refractivity contribution in [3.05, 3.63) is 64.8 Å².